The van der Waals surface area contributed by atoms with Crippen LogP contribution in [0.5, 0.6) is 0 Å². The van der Waals surface area contributed by atoms with Gasteiger partial charge in [0, 0.05) is 49.4 Å². The van der Waals surface area contributed by atoms with Crippen molar-refractivity contribution in [1.29, 1.82) is 0 Å². The lowest BCUT2D eigenvalue weighted by atomic mass is 9.88. The average molecular weight is 328 g/mol. The Kier molecular flexibility index (Phi) is 5.50. The Balaban J connectivity index is 1.71. The van der Waals surface area contributed by atoms with Crippen molar-refractivity contribution in [2.75, 3.05) is 6.61 Å². The maximum absolute atomic E-state index is 10.3. The van der Waals surface area contributed by atoms with Crippen molar-refractivity contribution in [2.24, 2.45) is 11.8 Å². The van der Waals surface area contributed by atoms with E-state index in [4.69, 9.17) is 0 Å². The van der Waals surface area contributed by atoms with E-state index >= 15 is 0 Å². The summed E-state index contributed by atoms with van der Waals surface area (Å²) in [6, 6.07) is 5.98. The fourth-order valence-electron chi connectivity index (χ4n) is 3.59. The van der Waals surface area contributed by atoms with Crippen LogP contribution < -0.4 is 5.32 Å². The van der Waals surface area contributed by atoms with Crippen LogP contribution in [-0.4, -0.2) is 43.9 Å². The molecule has 0 saturated heterocycles. The molecule has 0 unspecified atom stereocenters. The summed E-state index contributed by atoms with van der Waals surface area (Å²) >= 11 is 0. The second-order valence-corrected chi connectivity index (χ2v) is 6.46. The van der Waals surface area contributed by atoms with Crippen molar-refractivity contribution in [3.63, 3.8) is 0 Å². The van der Waals surface area contributed by atoms with Gasteiger partial charge in [-0.25, -0.2) is 9.97 Å². The summed E-state index contributed by atoms with van der Waals surface area (Å²) in [5, 5.41) is 23.5. The molecule has 2 aromatic rings. The number of aromatic nitrogens is 3. The molecule has 2 heterocycles. The van der Waals surface area contributed by atoms with Crippen molar-refractivity contribution < 1.29 is 10.2 Å². The average Bonchev–Trinajstić information content (AvgIpc) is 2.88. The fraction of sp³-hybridized carbons (Fsp3) is 0.500. The minimum Gasteiger partial charge on any atom is -0.396 e. The van der Waals surface area contributed by atoms with Gasteiger partial charge in [0.05, 0.1) is 6.10 Å². The quantitative estimate of drug-likeness (QED) is 0.729. The predicted molar refractivity (Wildman–Crippen MR) is 90.0 cm³/mol. The Labute approximate surface area is 142 Å². The minimum absolute atomic E-state index is 0.0129. The summed E-state index contributed by atoms with van der Waals surface area (Å²) in [5.74, 6) is 0.745. The molecule has 128 valence electrons. The summed E-state index contributed by atoms with van der Waals surface area (Å²) in [4.78, 5) is 12.7. The first-order valence-electron chi connectivity index (χ1n) is 8.37. The van der Waals surface area contributed by atoms with Crippen LogP contribution in [0.3, 0.4) is 0 Å². The van der Waals surface area contributed by atoms with Gasteiger partial charge in [0.1, 0.15) is 5.82 Å². The second-order valence-electron chi connectivity index (χ2n) is 6.46. The largest absolute Gasteiger partial charge is 0.396 e. The van der Waals surface area contributed by atoms with Crippen LogP contribution in [0.25, 0.3) is 0 Å². The summed E-state index contributed by atoms with van der Waals surface area (Å²) in [5.41, 5.74) is 2.06. The first kappa shape index (κ1) is 17.0. The summed E-state index contributed by atoms with van der Waals surface area (Å²) in [6.45, 7) is 2.55. The maximum atomic E-state index is 10.3. The van der Waals surface area contributed by atoms with Gasteiger partial charge in [0.2, 0.25) is 0 Å². The number of hydrogen-bond donors (Lipinski definition) is 3. The molecule has 4 atom stereocenters. The number of hydrogen-bond acceptors (Lipinski definition) is 6. The van der Waals surface area contributed by atoms with Gasteiger partial charge >= 0.3 is 0 Å². The zero-order valence-corrected chi connectivity index (χ0v) is 13.8. The van der Waals surface area contributed by atoms with Crippen LogP contribution in [0, 0.1) is 18.8 Å². The predicted octanol–water partition coefficient (Wildman–Crippen LogP) is 0.870. The molecule has 0 spiro atoms. The summed E-state index contributed by atoms with van der Waals surface area (Å²) in [7, 11) is 0. The van der Waals surface area contributed by atoms with Crippen molar-refractivity contribution >= 4 is 0 Å². The molecule has 1 fully saturated rings. The van der Waals surface area contributed by atoms with E-state index in [1.54, 1.807) is 12.4 Å². The van der Waals surface area contributed by atoms with E-state index in [0.717, 1.165) is 23.5 Å². The molecule has 3 rings (SSSR count). The standard InChI is InChI=1S/C18H24N4O2/c1-12-20-6-4-14(22-12)7-15-16(11-23)18(24)8-17(15)21-10-13-3-2-5-19-9-13/h2-6,9,15-18,21,23-24H,7-8,10-11H2,1H3/t15-,16-,17-,18-/m1/s1. The summed E-state index contributed by atoms with van der Waals surface area (Å²) in [6.07, 6.45) is 6.22. The maximum Gasteiger partial charge on any atom is 0.125 e. The molecule has 0 radical (unpaired) electrons. The molecule has 1 aliphatic carbocycles. The molecule has 6 nitrogen and oxygen atoms in total. The first-order chi connectivity index (χ1) is 11.7. The van der Waals surface area contributed by atoms with E-state index in [2.05, 4.69) is 20.3 Å². The van der Waals surface area contributed by atoms with Gasteiger partial charge in [-0.2, -0.15) is 0 Å². The topological polar surface area (TPSA) is 91.2 Å². The molecule has 0 bridgehead atoms. The normalized spacial score (nSPS) is 26.6. The number of aryl methyl sites for hydroxylation is 1. The number of pyridine rings is 1. The molecule has 0 aromatic carbocycles. The molecule has 3 N–H and O–H groups in total. The Hall–Kier alpha value is -1.89. The molecule has 1 saturated carbocycles. The van der Waals surface area contributed by atoms with E-state index in [9.17, 15) is 10.2 Å². The van der Waals surface area contributed by atoms with Gasteiger partial charge in [0.25, 0.3) is 0 Å². The summed E-state index contributed by atoms with van der Waals surface area (Å²) < 4.78 is 0. The van der Waals surface area contributed by atoms with E-state index in [1.165, 1.54) is 0 Å². The lowest BCUT2D eigenvalue weighted by molar-refractivity contribution is 0.0716. The van der Waals surface area contributed by atoms with Crippen molar-refractivity contribution in [3.8, 4) is 0 Å². The van der Waals surface area contributed by atoms with Gasteiger partial charge < -0.3 is 15.5 Å². The van der Waals surface area contributed by atoms with Crippen molar-refractivity contribution in [1.82, 2.24) is 20.3 Å². The zero-order chi connectivity index (χ0) is 16.9. The second kappa shape index (κ2) is 7.79. The number of aliphatic hydroxyl groups is 2. The van der Waals surface area contributed by atoms with Gasteiger partial charge in [-0.3, -0.25) is 4.98 Å². The van der Waals surface area contributed by atoms with Crippen LogP contribution in [0.2, 0.25) is 0 Å². The molecule has 24 heavy (non-hydrogen) atoms. The molecular weight excluding hydrogens is 304 g/mol. The lowest BCUT2D eigenvalue weighted by Gasteiger charge is -2.25. The highest BCUT2D eigenvalue weighted by Crippen LogP contribution is 2.34. The van der Waals surface area contributed by atoms with Crippen LogP contribution in [0.15, 0.2) is 36.8 Å². The number of nitrogens with one attached hydrogen (secondary N) is 1. The fourth-order valence-corrected chi connectivity index (χ4v) is 3.59. The van der Waals surface area contributed by atoms with E-state index < -0.39 is 6.10 Å². The highest BCUT2D eigenvalue weighted by molar-refractivity contribution is 5.10. The molecule has 2 aromatic heterocycles. The Morgan fingerprint density at radius 2 is 2.12 bits per heavy atom. The van der Waals surface area contributed by atoms with Gasteiger partial charge in [-0.05, 0) is 43.4 Å². The first-order valence-corrected chi connectivity index (χ1v) is 8.37. The highest BCUT2D eigenvalue weighted by Gasteiger charge is 2.41. The monoisotopic (exact) mass is 328 g/mol. The van der Waals surface area contributed by atoms with E-state index in [1.807, 2.05) is 31.3 Å². The number of aliphatic hydroxyl groups excluding tert-OH is 2. The van der Waals surface area contributed by atoms with Crippen LogP contribution >= 0.6 is 0 Å². The van der Waals surface area contributed by atoms with E-state index in [0.29, 0.717) is 13.0 Å². The van der Waals surface area contributed by atoms with Crippen molar-refractivity contribution in [3.05, 3.63) is 53.9 Å². The third kappa shape index (κ3) is 3.95. The van der Waals surface area contributed by atoms with Crippen LogP contribution in [0.1, 0.15) is 23.5 Å². The lowest BCUT2D eigenvalue weighted by Crippen LogP contribution is -2.36. The minimum atomic E-state index is -0.491. The van der Waals surface area contributed by atoms with Gasteiger partial charge in [-0.15, -0.1) is 0 Å². The Bertz CT molecular complexity index is 652. The molecular formula is C18H24N4O2. The third-order valence-corrected chi connectivity index (χ3v) is 4.84. The zero-order valence-electron chi connectivity index (χ0n) is 13.8. The Morgan fingerprint density at radius 3 is 2.83 bits per heavy atom. The van der Waals surface area contributed by atoms with Crippen LogP contribution in [-0.2, 0) is 13.0 Å². The number of nitrogens with zero attached hydrogens (tertiary/aromatic N) is 3. The molecule has 0 amide bonds. The smallest absolute Gasteiger partial charge is 0.125 e. The highest BCUT2D eigenvalue weighted by atomic mass is 16.3. The Morgan fingerprint density at radius 1 is 1.25 bits per heavy atom. The molecule has 6 heteroatoms. The third-order valence-electron chi connectivity index (χ3n) is 4.84. The number of rotatable bonds is 6. The SMILES string of the molecule is Cc1nccc(C[C@@H]2[C@@H](CO)[C@H](O)C[C@H]2NCc2cccnc2)n1. The van der Waals surface area contributed by atoms with Gasteiger partial charge in [-0.1, -0.05) is 6.07 Å². The van der Waals surface area contributed by atoms with Crippen molar-refractivity contribution in [2.45, 2.75) is 38.5 Å². The molecule has 1 aliphatic rings. The molecule has 0 aliphatic heterocycles. The van der Waals surface area contributed by atoms with Gasteiger partial charge in [0.15, 0.2) is 0 Å². The van der Waals surface area contributed by atoms with E-state index in [-0.39, 0.29) is 24.5 Å². The van der Waals surface area contributed by atoms with Crippen LogP contribution in [0.4, 0.5) is 0 Å².